The molecule has 0 aromatic carbocycles. The third-order valence-corrected chi connectivity index (χ3v) is 4.57. The summed E-state index contributed by atoms with van der Waals surface area (Å²) in [4.78, 5) is 22.0. The van der Waals surface area contributed by atoms with E-state index in [0.717, 1.165) is 4.31 Å². The quantitative estimate of drug-likeness (QED) is 0.677. The van der Waals surface area contributed by atoms with Crippen molar-refractivity contribution in [2.45, 2.75) is 32.2 Å². The fourth-order valence-electron chi connectivity index (χ4n) is 1.88. The van der Waals surface area contributed by atoms with Gasteiger partial charge >= 0.3 is 11.9 Å². The summed E-state index contributed by atoms with van der Waals surface area (Å²) in [5, 5.41) is 8.50. The minimum absolute atomic E-state index is 0.193. The summed E-state index contributed by atoms with van der Waals surface area (Å²) < 4.78 is 29.7. The lowest BCUT2D eigenvalue weighted by atomic mass is 10.2. The molecular weight excluding hydrogens is 262 g/mol. The van der Waals surface area contributed by atoms with Gasteiger partial charge in [0.2, 0.25) is 10.0 Å². The van der Waals surface area contributed by atoms with Gasteiger partial charge in [-0.3, -0.25) is 9.59 Å². The van der Waals surface area contributed by atoms with Crippen LogP contribution in [0.1, 0.15) is 26.2 Å². The highest BCUT2D eigenvalue weighted by Crippen LogP contribution is 2.22. The first-order chi connectivity index (χ1) is 8.38. The first kappa shape index (κ1) is 14.9. The fraction of sp³-hybridized carbons (Fsp3) is 0.800. The van der Waals surface area contributed by atoms with Gasteiger partial charge in [0.05, 0.1) is 18.8 Å². The Kier molecular flexibility index (Phi) is 5.09. The molecule has 1 unspecified atom stereocenters. The van der Waals surface area contributed by atoms with Crippen LogP contribution in [0.2, 0.25) is 0 Å². The van der Waals surface area contributed by atoms with E-state index in [1.807, 2.05) is 0 Å². The van der Waals surface area contributed by atoms with Gasteiger partial charge in [-0.05, 0) is 19.8 Å². The van der Waals surface area contributed by atoms with E-state index in [0.29, 0.717) is 12.8 Å². The number of carboxylic acid groups (broad SMARTS) is 1. The van der Waals surface area contributed by atoms with Crippen LogP contribution in [0.25, 0.3) is 0 Å². The summed E-state index contributed by atoms with van der Waals surface area (Å²) in [6.07, 6.45) is 0.537. The Morgan fingerprint density at radius 1 is 1.44 bits per heavy atom. The van der Waals surface area contributed by atoms with Crippen LogP contribution in [0.4, 0.5) is 0 Å². The number of sulfonamides is 1. The standard InChI is InChI=1S/C10H17NO6S/c1-2-17-10(14)8-4-3-6-11(8)18(15,16)7-5-9(12)13/h8H,2-7H2,1H3,(H,12,13). The van der Waals surface area contributed by atoms with E-state index in [9.17, 15) is 18.0 Å². The zero-order chi connectivity index (χ0) is 13.8. The smallest absolute Gasteiger partial charge is 0.324 e. The zero-order valence-electron chi connectivity index (χ0n) is 10.2. The summed E-state index contributed by atoms with van der Waals surface area (Å²) >= 11 is 0. The van der Waals surface area contributed by atoms with Crippen molar-refractivity contribution in [3.8, 4) is 0 Å². The molecule has 1 heterocycles. The Labute approximate surface area is 106 Å². The topological polar surface area (TPSA) is 101 Å². The molecule has 0 spiro atoms. The van der Waals surface area contributed by atoms with Crippen molar-refractivity contribution in [1.29, 1.82) is 0 Å². The molecule has 8 heteroatoms. The normalized spacial score (nSPS) is 20.8. The third kappa shape index (κ3) is 3.67. The van der Waals surface area contributed by atoms with E-state index >= 15 is 0 Å². The molecular formula is C10H17NO6S. The maximum absolute atomic E-state index is 11.9. The van der Waals surface area contributed by atoms with Gasteiger partial charge in [-0.15, -0.1) is 0 Å². The van der Waals surface area contributed by atoms with E-state index in [2.05, 4.69) is 0 Å². The summed E-state index contributed by atoms with van der Waals surface area (Å²) in [5.74, 6) is -2.22. The second-order valence-electron chi connectivity index (χ2n) is 3.98. The molecule has 1 aliphatic heterocycles. The van der Waals surface area contributed by atoms with Crippen molar-refractivity contribution >= 4 is 22.0 Å². The van der Waals surface area contributed by atoms with Crippen molar-refractivity contribution in [2.24, 2.45) is 0 Å². The van der Waals surface area contributed by atoms with Gasteiger partial charge in [-0.25, -0.2) is 8.42 Å². The van der Waals surface area contributed by atoms with Crippen LogP contribution >= 0.6 is 0 Å². The predicted molar refractivity (Wildman–Crippen MR) is 62.4 cm³/mol. The minimum Gasteiger partial charge on any atom is -0.481 e. The number of carbonyl (C=O) groups excluding carboxylic acids is 1. The van der Waals surface area contributed by atoms with E-state index in [1.165, 1.54) is 0 Å². The van der Waals surface area contributed by atoms with Crippen LogP contribution in [0, 0.1) is 0 Å². The van der Waals surface area contributed by atoms with E-state index in [1.54, 1.807) is 6.92 Å². The number of rotatable bonds is 6. The average molecular weight is 279 g/mol. The van der Waals surface area contributed by atoms with Crippen molar-refractivity contribution < 1.29 is 27.9 Å². The van der Waals surface area contributed by atoms with E-state index < -0.39 is 40.2 Å². The maximum atomic E-state index is 11.9. The van der Waals surface area contributed by atoms with Crippen LogP contribution in [0.3, 0.4) is 0 Å². The van der Waals surface area contributed by atoms with Crippen molar-refractivity contribution in [3.05, 3.63) is 0 Å². The van der Waals surface area contributed by atoms with Crippen LogP contribution in [-0.2, 0) is 24.3 Å². The third-order valence-electron chi connectivity index (χ3n) is 2.69. The van der Waals surface area contributed by atoms with Gasteiger partial charge < -0.3 is 9.84 Å². The van der Waals surface area contributed by atoms with E-state index in [-0.39, 0.29) is 13.2 Å². The Balaban J connectivity index is 2.74. The Bertz CT molecular complexity index is 418. The maximum Gasteiger partial charge on any atom is 0.324 e. The lowest BCUT2D eigenvalue weighted by molar-refractivity contribution is -0.146. The molecule has 18 heavy (non-hydrogen) atoms. The number of aliphatic carboxylic acids is 1. The number of nitrogens with zero attached hydrogens (tertiary/aromatic N) is 1. The van der Waals surface area contributed by atoms with Gasteiger partial charge in [-0.1, -0.05) is 0 Å². The van der Waals surface area contributed by atoms with Crippen molar-refractivity contribution in [3.63, 3.8) is 0 Å². The molecule has 0 aromatic rings. The van der Waals surface area contributed by atoms with Crippen LogP contribution in [0.15, 0.2) is 0 Å². The average Bonchev–Trinajstić information content (AvgIpc) is 2.76. The van der Waals surface area contributed by atoms with Crippen molar-refractivity contribution in [2.75, 3.05) is 18.9 Å². The summed E-state index contributed by atoms with van der Waals surface area (Å²) in [6, 6.07) is -0.802. The molecule has 0 bridgehead atoms. The van der Waals surface area contributed by atoms with Gasteiger partial charge in [-0.2, -0.15) is 4.31 Å². The molecule has 1 aliphatic rings. The molecule has 7 nitrogen and oxygen atoms in total. The Morgan fingerprint density at radius 2 is 2.11 bits per heavy atom. The number of hydrogen-bond acceptors (Lipinski definition) is 5. The summed E-state index contributed by atoms with van der Waals surface area (Å²) in [6.45, 7) is 2.08. The second-order valence-corrected chi connectivity index (χ2v) is 6.02. The summed E-state index contributed by atoms with van der Waals surface area (Å²) in [7, 11) is -3.72. The molecule has 0 aliphatic carbocycles. The zero-order valence-corrected chi connectivity index (χ0v) is 11.0. The SMILES string of the molecule is CCOC(=O)C1CCCN1S(=O)(=O)CCC(=O)O. The number of ether oxygens (including phenoxy) is 1. The minimum atomic E-state index is -3.72. The molecule has 104 valence electrons. The van der Waals surface area contributed by atoms with Gasteiger partial charge in [0.25, 0.3) is 0 Å². The number of hydrogen-bond donors (Lipinski definition) is 1. The Morgan fingerprint density at radius 3 is 2.67 bits per heavy atom. The van der Waals surface area contributed by atoms with Gasteiger partial charge in [0.15, 0.2) is 0 Å². The van der Waals surface area contributed by atoms with E-state index in [4.69, 9.17) is 9.84 Å². The molecule has 1 N–H and O–H groups in total. The highest BCUT2D eigenvalue weighted by Gasteiger charge is 2.39. The molecule has 0 aromatic heterocycles. The number of esters is 1. The molecule has 1 rings (SSSR count). The highest BCUT2D eigenvalue weighted by atomic mass is 32.2. The Hall–Kier alpha value is -1.15. The lowest BCUT2D eigenvalue weighted by Gasteiger charge is -2.22. The molecule has 0 radical (unpaired) electrons. The fourth-order valence-corrected chi connectivity index (χ4v) is 3.53. The lowest BCUT2D eigenvalue weighted by Crippen LogP contribution is -2.42. The monoisotopic (exact) mass is 279 g/mol. The molecule has 1 fully saturated rings. The van der Waals surface area contributed by atoms with Crippen LogP contribution in [-0.4, -0.2) is 54.7 Å². The van der Waals surface area contributed by atoms with Gasteiger partial charge in [0.1, 0.15) is 6.04 Å². The highest BCUT2D eigenvalue weighted by molar-refractivity contribution is 7.89. The molecule has 0 saturated carbocycles. The number of carboxylic acids is 1. The summed E-state index contributed by atoms with van der Waals surface area (Å²) in [5.41, 5.74) is 0. The van der Waals surface area contributed by atoms with Crippen LogP contribution in [0.5, 0.6) is 0 Å². The molecule has 0 amide bonds. The first-order valence-electron chi connectivity index (χ1n) is 5.76. The molecule has 1 atom stereocenters. The number of carbonyl (C=O) groups is 2. The first-order valence-corrected chi connectivity index (χ1v) is 7.37. The predicted octanol–water partition coefficient (Wildman–Crippen LogP) is -0.182. The van der Waals surface area contributed by atoms with Gasteiger partial charge in [0, 0.05) is 6.54 Å². The van der Waals surface area contributed by atoms with Crippen LogP contribution < -0.4 is 0 Å². The molecule has 1 saturated heterocycles. The van der Waals surface area contributed by atoms with Crippen molar-refractivity contribution in [1.82, 2.24) is 4.31 Å². The second kappa shape index (κ2) is 6.14. The largest absolute Gasteiger partial charge is 0.481 e.